The van der Waals surface area contributed by atoms with Crippen LogP contribution in [0.25, 0.3) is 22.3 Å². The van der Waals surface area contributed by atoms with Crippen LogP contribution in [0.1, 0.15) is 31.7 Å². The third-order valence-electron chi connectivity index (χ3n) is 5.31. The molecular formula is C21H21F3O2. The molecule has 2 aromatic carbocycles. The third kappa shape index (κ3) is 2.78. The van der Waals surface area contributed by atoms with Crippen molar-refractivity contribution in [2.24, 2.45) is 5.92 Å². The second-order valence-electron chi connectivity index (χ2n) is 6.94. The van der Waals surface area contributed by atoms with Gasteiger partial charge in [0.2, 0.25) is 0 Å². The average molecular weight is 362 g/mol. The highest BCUT2D eigenvalue weighted by atomic mass is 19.2. The molecule has 1 atom stereocenters. The fourth-order valence-electron chi connectivity index (χ4n) is 3.94. The average Bonchev–Trinajstić information content (AvgIpc) is 2.64. The van der Waals surface area contributed by atoms with Gasteiger partial charge >= 0.3 is 0 Å². The lowest BCUT2D eigenvalue weighted by Crippen LogP contribution is -2.18. The van der Waals surface area contributed by atoms with Crippen LogP contribution in [-0.2, 0) is 11.2 Å². The van der Waals surface area contributed by atoms with E-state index in [4.69, 9.17) is 9.47 Å². The van der Waals surface area contributed by atoms with E-state index in [-0.39, 0.29) is 16.9 Å². The molecule has 0 amide bonds. The van der Waals surface area contributed by atoms with Crippen molar-refractivity contribution in [3.63, 3.8) is 0 Å². The highest BCUT2D eigenvalue weighted by molar-refractivity contribution is 6.03. The van der Waals surface area contributed by atoms with E-state index in [0.29, 0.717) is 42.2 Å². The molecule has 1 aliphatic carbocycles. The van der Waals surface area contributed by atoms with Gasteiger partial charge in [0.1, 0.15) is 0 Å². The Bertz CT molecular complexity index is 842. The topological polar surface area (TPSA) is 18.5 Å². The van der Waals surface area contributed by atoms with Gasteiger partial charge in [-0.3, -0.25) is 0 Å². The maximum atomic E-state index is 14.6. The van der Waals surface area contributed by atoms with Gasteiger partial charge in [0.15, 0.2) is 23.2 Å². The Kier molecular flexibility index (Phi) is 4.65. The Morgan fingerprint density at radius 2 is 1.88 bits per heavy atom. The van der Waals surface area contributed by atoms with Crippen molar-refractivity contribution < 1.29 is 22.6 Å². The summed E-state index contributed by atoms with van der Waals surface area (Å²) in [5, 5.41) is 0. The van der Waals surface area contributed by atoms with Crippen LogP contribution in [0.15, 0.2) is 18.2 Å². The molecule has 0 bridgehead atoms. The van der Waals surface area contributed by atoms with Crippen LogP contribution >= 0.6 is 0 Å². The molecule has 2 nitrogen and oxygen atoms in total. The zero-order valence-corrected chi connectivity index (χ0v) is 14.7. The highest BCUT2D eigenvalue weighted by Gasteiger charge is 2.34. The number of rotatable bonds is 5. The summed E-state index contributed by atoms with van der Waals surface area (Å²) < 4.78 is 54.4. The highest BCUT2D eigenvalue weighted by Crippen LogP contribution is 2.52. The van der Waals surface area contributed by atoms with Crippen molar-refractivity contribution in [2.75, 3.05) is 19.8 Å². The molecule has 2 aliphatic rings. The number of fused-ring (bicyclic) bond motifs is 4. The molecule has 1 unspecified atom stereocenters. The summed E-state index contributed by atoms with van der Waals surface area (Å²) in [5.41, 5.74) is 1.69. The SMILES string of the molecule is CCOc1ccc2c(c1F)-c1c-2cc(CCC2CCCOC2)c(F)c1F. The van der Waals surface area contributed by atoms with Crippen molar-refractivity contribution in [1.82, 2.24) is 0 Å². The zero-order chi connectivity index (χ0) is 18.3. The van der Waals surface area contributed by atoms with Crippen LogP contribution in [0.3, 0.4) is 0 Å². The molecular weight excluding hydrogens is 341 g/mol. The van der Waals surface area contributed by atoms with Crippen LogP contribution in [-0.4, -0.2) is 19.8 Å². The van der Waals surface area contributed by atoms with Gasteiger partial charge < -0.3 is 9.47 Å². The van der Waals surface area contributed by atoms with E-state index in [1.807, 2.05) is 0 Å². The number of halogens is 3. The largest absolute Gasteiger partial charge is 0.491 e. The molecule has 2 aromatic rings. The summed E-state index contributed by atoms with van der Waals surface area (Å²) in [5.74, 6) is -2.00. The normalized spacial score (nSPS) is 18.1. The van der Waals surface area contributed by atoms with E-state index in [1.165, 1.54) is 0 Å². The minimum absolute atomic E-state index is 0.0290. The van der Waals surface area contributed by atoms with Gasteiger partial charge in [-0.25, -0.2) is 13.2 Å². The molecule has 5 heteroatoms. The fourth-order valence-corrected chi connectivity index (χ4v) is 3.94. The summed E-state index contributed by atoms with van der Waals surface area (Å²) in [6.07, 6.45) is 3.29. The van der Waals surface area contributed by atoms with Gasteiger partial charge in [0.05, 0.1) is 6.61 Å². The van der Waals surface area contributed by atoms with Crippen molar-refractivity contribution in [3.05, 3.63) is 41.2 Å². The lowest BCUT2D eigenvalue weighted by atomic mass is 9.78. The van der Waals surface area contributed by atoms with Gasteiger partial charge in [-0.05, 0) is 73.4 Å². The van der Waals surface area contributed by atoms with Crippen molar-refractivity contribution >= 4 is 0 Å². The predicted molar refractivity (Wildman–Crippen MR) is 93.8 cm³/mol. The van der Waals surface area contributed by atoms with Crippen LogP contribution in [0, 0.1) is 23.4 Å². The maximum absolute atomic E-state index is 14.6. The first kappa shape index (κ1) is 17.4. The van der Waals surface area contributed by atoms with E-state index < -0.39 is 17.5 Å². The first-order valence-electron chi connectivity index (χ1n) is 9.16. The quantitative estimate of drug-likeness (QED) is 0.596. The van der Waals surface area contributed by atoms with Crippen molar-refractivity contribution in [3.8, 4) is 28.0 Å². The molecule has 0 N–H and O–H groups in total. The summed E-state index contributed by atoms with van der Waals surface area (Å²) in [6.45, 7) is 3.52. The summed E-state index contributed by atoms with van der Waals surface area (Å²) in [7, 11) is 0. The van der Waals surface area contributed by atoms with Crippen molar-refractivity contribution in [1.29, 1.82) is 0 Å². The Morgan fingerprint density at radius 1 is 1.08 bits per heavy atom. The molecule has 0 saturated carbocycles. The number of hydrogen-bond acceptors (Lipinski definition) is 2. The minimum Gasteiger partial charge on any atom is -0.491 e. The molecule has 1 heterocycles. The van der Waals surface area contributed by atoms with Gasteiger partial charge in [0, 0.05) is 24.3 Å². The van der Waals surface area contributed by atoms with E-state index in [9.17, 15) is 13.2 Å². The van der Waals surface area contributed by atoms with Gasteiger partial charge in [0.25, 0.3) is 0 Å². The molecule has 26 heavy (non-hydrogen) atoms. The van der Waals surface area contributed by atoms with E-state index >= 15 is 0 Å². The second-order valence-corrected chi connectivity index (χ2v) is 6.94. The number of ether oxygens (including phenoxy) is 2. The third-order valence-corrected chi connectivity index (χ3v) is 5.31. The Labute approximate surface area is 150 Å². The molecule has 1 fully saturated rings. The van der Waals surface area contributed by atoms with Crippen LogP contribution in [0.5, 0.6) is 5.75 Å². The predicted octanol–water partition coefficient (Wildman–Crippen LogP) is 5.51. The molecule has 1 saturated heterocycles. The van der Waals surface area contributed by atoms with E-state index in [2.05, 4.69) is 0 Å². The van der Waals surface area contributed by atoms with Crippen molar-refractivity contribution in [2.45, 2.75) is 32.6 Å². The lowest BCUT2D eigenvalue weighted by molar-refractivity contribution is 0.0517. The first-order valence-corrected chi connectivity index (χ1v) is 9.16. The zero-order valence-electron chi connectivity index (χ0n) is 14.7. The Balaban J connectivity index is 1.62. The molecule has 1 aliphatic heterocycles. The summed E-state index contributed by atoms with van der Waals surface area (Å²) in [6, 6.07) is 4.92. The summed E-state index contributed by atoms with van der Waals surface area (Å²) in [4.78, 5) is 0. The lowest BCUT2D eigenvalue weighted by Gasteiger charge is -2.28. The first-order chi connectivity index (χ1) is 12.6. The minimum atomic E-state index is -0.961. The number of hydrogen-bond donors (Lipinski definition) is 0. The van der Waals surface area contributed by atoms with Gasteiger partial charge in [-0.15, -0.1) is 0 Å². The number of aryl methyl sites for hydroxylation is 1. The molecule has 0 spiro atoms. The van der Waals surface area contributed by atoms with E-state index in [0.717, 1.165) is 25.9 Å². The van der Waals surface area contributed by atoms with Gasteiger partial charge in [-0.2, -0.15) is 0 Å². The molecule has 0 radical (unpaired) electrons. The molecule has 138 valence electrons. The monoisotopic (exact) mass is 362 g/mol. The van der Waals surface area contributed by atoms with Crippen LogP contribution < -0.4 is 4.74 Å². The Morgan fingerprint density at radius 3 is 2.62 bits per heavy atom. The van der Waals surface area contributed by atoms with Gasteiger partial charge in [-0.1, -0.05) is 0 Å². The molecule has 4 rings (SSSR count). The maximum Gasteiger partial charge on any atom is 0.173 e. The number of benzene rings is 2. The van der Waals surface area contributed by atoms with Crippen LogP contribution in [0.2, 0.25) is 0 Å². The molecule has 0 aromatic heterocycles. The summed E-state index contributed by atoms with van der Waals surface area (Å²) >= 11 is 0. The van der Waals surface area contributed by atoms with Crippen LogP contribution in [0.4, 0.5) is 13.2 Å². The van der Waals surface area contributed by atoms with E-state index in [1.54, 1.807) is 25.1 Å². The fraction of sp³-hybridized carbons (Fsp3) is 0.429. The Hall–Kier alpha value is -2.01. The second kappa shape index (κ2) is 6.95. The standard InChI is InChI=1S/C21H21F3O2/c1-2-26-16-8-7-14-15-10-13(6-5-12-4-3-9-25-11-12)19(22)21(24)18(15)17(14)20(16)23/h7-8,10,12H,2-6,9,11H2,1H3. The smallest absolute Gasteiger partial charge is 0.173 e.